The molecule has 0 aromatic heterocycles. The summed E-state index contributed by atoms with van der Waals surface area (Å²) in [5.41, 5.74) is 0. The van der Waals surface area contributed by atoms with E-state index in [1.165, 1.54) is 225 Å². The third-order valence-corrected chi connectivity index (χ3v) is 19.9. The van der Waals surface area contributed by atoms with Crippen molar-refractivity contribution in [1.82, 2.24) is 0 Å². The predicted molar refractivity (Wildman–Crippen MR) is 391 cm³/mol. The Morgan fingerprint density at radius 3 is 0.708 bits per heavy atom. The molecule has 2 unspecified atom stereocenters. The van der Waals surface area contributed by atoms with Crippen molar-refractivity contribution in [3.63, 3.8) is 0 Å². The van der Waals surface area contributed by atoms with Crippen LogP contribution in [0.5, 0.6) is 0 Å². The van der Waals surface area contributed by atoms with Gasteiger partial charge in [-0.3, -0.25) is 37.3 Å². The highest BCUT2D eigenvalue weighted by Gasteiger charge is 2.30. The van der Waals surface area contributed by atoms with Crippen LogP contribution in [0.1, 0.15) is 407 Å². The molecule has 19 heteroatoms. The Morgan fingerprint density at radius 2 is 0.479 bits per heavy atom. The lowest BCUT2D eigenvalue weighted by Crippen LogP contribution is -2.30. The van der Waals surface area contributed by atoms with Crippen LogP contribution in [0.3, 0.4) is 0 Å². The molecule has 0 aliphatic rings. The van der Waals surface area contributed by atoms with E-state index in [0.29, 0.717) is 25.7 Å². The van der Waals surface area contributed by atoms with E-state index in [1.807, 2.05) is 0 Å². The average Bonchev–Trinajstić information content (AvgIpc) is 1.43. The maximum Gasteiger partial charge on any atom is 0.472 e. The van der Waals surface area contributed by atoms with Gasteiger partial charge in [-0.2, -0.15) is 0 Å². The van der Waals surface area contributed by atoms with Crippen LogP contribution in [-0.4, -0.2) is 96.7 Å². The van der Waals surface area contributed by atoms with Crippen molar-refractivity contribution in [2.75, 3.05) is 39.6 Å². The zero-order chi connectivity index (χ0) is 70.5. The molecule has 0 heterocycles. The van der Waals surface area contributed by atoms with Gasteiger partial charge < -0.3 is 33.8 Å². The summed E-state index contributed by atoms with van der Waals surface area (Å²) >= 11 is 0. The van der Waals surface area contributed by atoms with Gasteiger partial charge in [0.15, 0.2) is 12.2 Å². The van der Waals surface area contributed by atoms with Gasteiger partial charge >= 0.3 is 39.5 Å². The molecule has 5 atom stereocenters. The molecule has 0 radical (unpaired) electrons. The Balaban J connectivity index is 5.11. The van der Waals surface area contributed by atoms with Gasteiger partial charge in [-0.05, 0) is 31.6 Å². The van der Waals surface area contributed by atoms with Crippen molar-refractivity contribution in [2.24, 2.45) is 5.92 Å². The highest BCUT2D eigenvalue weighted by atomic mass is 31.2. The molecule has 0 amide bonds. The number of hydrogen-bond donors (Lipinski definition) is 3. The molecule has 17 nitrogen and oxygen atoms in total. The monoisotopic (exact) mass is 1410 g/mol. The summed E-state index contributed by atoms with van der Waals surface area (Å²) in [4.78, 5) is 72.5. The van der Waals surface area contributed by atoms with Gasteiger partial charge in [0.1, 0.15) is 19.3 Å². The normalized spacial score (nSPS) is 13.9. The largest absolute Gasteiger partial charge is 0.472 e. The van der Waals surface area contributed by atoms with Crippen LogP contribution in [0.4, 0.5) is 0 Å². The highest BCUT2D eigenvalue weighted by Crippen LogP contribution is 2.45. The average molecular weight is 1410 g/mol. The van der Waals surface area contributed by atoms with Crippen LogP contribution in [0.25, 0.3) is 0 Å². The molecule has 96 heavy (non-hydrogen) atoms. The lowest BCUT2D eigenvalue weighted by Gasteiger charge is -2.21. The first-order valence-corrected chi connectivity index (χ1v) is 43.1. The predicted octanol–water partition coefficient (Wildman–Crippen LogP) is 22.9. The zero-order valence-corrected chi connectivity index (χ0v) is 64.3. The molecule has 0 fully saturated rings. The van der Waals surface area contributed by atoms with Crippen molar-refractivity contribution < 1.29 is 80.2 Å². The van der Waals surface area contributed by atoms with Gasteiger partial charge in [-0.25, -0.2) is 9.13 Å². The Kier molecular flexibility index (Phi) is 68.7. The van der Waals surface area contributed by atoms with E-state index in [-0.39, 0.29) is 25.7 Å². The molecule has 0 saturated heterocycles. The first-order valence-electron chi connectivity index (χ1n) is 40.1. The summed E-state index contributed by atoms with van der Waals surface area (Å²) in [6.45, 7) is 7.18. The van der Waals surface area contributed by atoms with Crippen LogP contribution < -0.4 is 0 Å². The second-order valence-corrected chi connectivity index (χ2v) is 31.1. The third-order valence-electron chi connectivity index (χ3n) is 18.0. The third kappa shape index (κ3) is 70.5. The van der Waals surface area contributed by atoms with Gasteiger partial charge in [-0.15, -0.1) is 0 Å². The van der Waals surface area contributed by atoms with Crippen molar-refractivity contribution >= 4 is 39.5 Å². The smallest absolute Gasteiger partial charge is 0.462 e. The van der Waals surface area contributed by atoms with Crippen LogP contribution in [0.15, 0.2) is 0 Å². The molecule has 3 N–H and O–H groups in total. The Bertz CT molecular complexity index is 1840. The summed E-state index contributed by atoms with van der Waals surface area (Å²) in [7, 11) is -9.90. The van der Waals surface area contributed by atoms with Crippen molar-refractivity contribution in [1.29, 1.82) is 0 Å². The molecule has 570 valence electrons. The second-order valence-electron chi connectivity index (χ2n) is 28.2. The van der Waals surface area contributed by atoms with E-state index >= 15 is 0 Å². The minimum atomic E-state index is -4.96. The standard InChI is InChI=1S/C77H150O17P2/c1-6-9-12-15-17-19-21-23-25-27-28-29-30-31-33-35-37-39-43-47-52-57-62-76(81)94-73(67-88-75(80)61-56-51-46-42-38-36-34-32-26-24-22-20-18-16-13-10-7-2)69-92-96(85,86)90-65-71(78)64-89-95(83,84)91-68-72(66-87-74(79)60-55-49-14-11-8-3)93-77(82)63-58-53-48-44-40-41-45-50-54-59-70(4)5/h70-73,78H,6-69H2,1-5H3,(H,83,84)(H,85,86)/t71-,72+,73+/m0/s1. The molecule has 0 aromatic carbocycles. The van der Waals surface area contributed by atoms with Gasteiger partial charge in [0.25, 0.3) is 0 Å². The Hall–Kier alpha value is -1.94. The fourth-order valence-corrected chi connectivity index (χ4v) is 13.5. The highest BCUT2D eigenvalue weighted by molar-refractivity contribution is 7.47. The zero-order valence-electron chi connectivity index (χ0n) is 62.5. The summed E-state index contributed by atoms with van der Waals surface area (Å²) in [5, 5.41) is 10.6. The van der Waals surface area contributed by atoms with E-state index in [2.05, 4.69) is 34.6 Å². The maximum atomic E-state index is 13.1. The molecule has 0 bridgehead atoms. The number of rotatable bonds is 77. The van der Waals surface area contributed by atoms with E-state index in [9.17, 15) is 43.2 Å². The molecule has 0 spiro atoms. The van der Waals surface area contributed by atoms with E-state index < -0.39 is 97.5 Å². The van der Waals surface area contributed by atoms with Crippen LogP contribution in [0, 0.1) is 5.92 Å². The number of hydrogen-bond acceptors (Lipinski definition) is 15. The number of carbonyl (C=O) groups excluding carboxylic acids is 4. The number of unbranched alkanes of at least 4 members (excludes halogenated alkanes) is 49. The van der Waals surface area contributed by atoms with E-state index in [4.69, 9.17) is 37.0 Å². The molecular weight excluding hydrogens is 1260 g/mol. The first-order chi connectivity index (χ1) is 46.5. The number of esters is 4. The van der Waals surface area contributed by atoms with E-state index in [0.717, 1.165) is 102 Å². The van der Waals surface area contributed by atoms with Gasteiger partial charge in [-0.1, -0.05) is 356 Å². The van der Waals surface area contributed by atoms with Crippen LogP contribution in [0.2, 0.25) is 0 Å². The minimum absolute atomic E-state index is 0.105. The molecular formula is C77H150O17P2. The quantitative estimate of drug-likeness (QED) is 0.0222. The fraction of sp³-hybridized carbons (Fsp3) is 0.948. The number of phosphoric acid groups is 2. The molecule has 0 aromatic rings. The Labute approximate surface area is 588 Å². The number of aliphatic hydroxyl groups is 1. The van der Waals surface area contributed by atoms with Gasteiger partial charge in [0.2, 0.25) is 0 Å². The SMILES string of the molecule is CCCCCCCCCCCCCCCCCCCCCCCCC(=O)O[C@H](COC(=O)CCCCCCCCCCCCCCCCCCC)COP(=O)(O)OC[C@@H](O)COP(=O)(O)OC[C@@H](COC(=O)CCCCCCC)OC(=O)CCCCCCCCCCCC(C)C. The summed E-state index contributed by atoms with van der Waals surface area (Å²) in [5.74, 6) is -1.39. The number of carbonyl (C=O) groups is 4. The number of phosphoric ester groups is 2. The summed E-state index contributed by atoms with van der Waals surface area (Å²) < 4.78 is 68.3. The summed E-state index contributed by atoms with van der Waals surface area (Å²) in [6.07, 6.45) is 60.3. The minimum Gasteiger partial charge on any atom is -0.462 e. The number of aliphatic hydroxyl groups excluding tert-OH is 1. The molecule has 0 aliphatic carbocycles. The Morgan fingerprint density at radius 1 is 0.281 bits per heavy atom. The maximum absolute atomic E-state index is 13.1. The van der Waals surface area contributed by atoms with Gasteiger partial charge in [0.05, 0.1) is 26.4 Å². The molecule has 0 saturated carbocycles. The molecule has 0 aliphatic heterocycles. The first kappa shape index (κ1) is 94.1. The van der Waals surface area contributed by atoms with Gasteiger partial charge in [0, 0.05) is 25.7 Å². The van der Waals surface area contributed by atoms with E-state index in [1.54, 1.807) is 0 Å². The number of ether oxygens (including phenoxy) is 4. The van der Waals surface area contributed by atoms with Crippen LogP contribution >= 0.6 is 15.6 Å². The summed E-state index contributed by atoms with van der Waals surface area (Å²) in [6, 6.07) is 0. The topological polar surface area (TPSA) is 237 Å². The van der Waals surface area contributed by atoms with Crippen molar-refractivity contribution in [2.45, 2.75) is 425 Å². The van der Waals surface area contributed by atoms with Crippen LogP contribution in [-0.2, 0) is 65.4 Å². The second kappa shape index (κ2) is 70.1. The lowest BCUT2D eigenvalue weighted by molar-refractivity contribution is -0.161. The lowest BCUT2D eigenvalue weighted by atomic mass is 10.0. The molecule has 0 rings (SSSR count). The fourth-order valence-electron chi connectivity index (χ4n) is 11.9. The van der Waals surface area contributed by atoms with Crippen molar-refractivity contribution in [3.05, 3.63) is 0 Å². The van der Waals surface area contributed by atoms with Crippen molar-refractivity contribution in [3.8, 4) is 0 Å².